The van der Waals surface area contributed by atoms with Gasteiger partial charge >= 0.3 is 0 Å². The van der Waals surface area contributed by atoms with Gasteiger partial charge in [-0.2, -0.15) is 4.98 Å². The summed E-state index contributed by atoms with van der Waals surface area (Å²) in [6.07, 6.45) is 3.68. The Morgan fingerprint density at radius 2 is 2.33 bits per heavy atom. The number of aryl methyl sites for hydroxylation is 1. The molecule has 0 atom stereocenters. The third-order valence-electron chi connectivity index (χ3n) is 1.56. The maximum absolute atomic E-state index is 5.40. The van der Waals surface area contributed by atoms with Crippen molar-refractivity contribution in [1.29, 1.82) is 0 Å². The van der Waals surface area contributed by atoms with Gasteiger partial charge < -0.3 is 10.5 Å². The number of anilines is 1. The van der Waals surface area contributed by atoms with Crippen LogP contribution in [0, 0.1) is 0 Å². The Kier molecular flexibility index (Phi) is 2.85. The second kappa shape index (κ2) is 3.90. The summed E-state index contributed by atoms with van der Waals surface area (Å²) in [6.45, 7) is 2.09. The van der Waals surface area contributed by atoms with Gasteiger partial charge in [0, 0.05) is 11.8 Å². The van der Waals surface area contributed by atoms with Crippen LogP contribution < -0.4 is 10.5 Å². The Bertz CT molecular complexity index is 262. The van der Waals surface area contributed by atoms with Crippen LogP contribution in [0.1, 0.15) is 18.9 Å². The highest BCUT2D eigenvalue weighted by atomic mass is 16.5. The van der Waals surface area contributed by atoms with Crippen molar-refractivity contribution in [3.8, 4) is 5.88 Å². The van der Waals surface area contributed by atoms with Crippen LogP contribution in [-0.4, -0.2) is 17.1 Å². The first-order chi connectivity index (χ1) is 5.77. The van der Waals surface area contributed by atoms with Gasteiger partial charge in [0.05, 0.1) is 7.11 Å². The Hall–Kier alpha value is -1.32. The molecule has 4 heteroatoms. The molecule has 0 saturated carbocycles. The van der Waals surface area contributed by atoms with E-state index in [9.17, 15) is 0 Å². The van der Waals surface area contributed by atoms with E-state index in [1.165, 1.54) is 0 Å². The van der Waals surface area contributed by atoms with E-state index in [1.807, 2.05) is 0 Å². The molecule has 0 aliphatic rings. The predicted octanol–water partition coefficient (Wildman–Crippen LogP) is 1.02. The summed E-state index contributed by atoms with van der Waals surface area (Å²) in [7, 11) is 1.58. The first-order valence-electron chi connectivity index (χ1n) is 3.93. The number of hydrogen-bond acceptors (Lipinski definition) is 4. The maximum atomic E-state index is 5.40. The van der Waals surface area contributed by atoms with Crippen molar-refractivity contribution in [2.75, 3.05) is 12.8 Å². The number of nitrogen functional groups attached to an aromatic ring is 1. The van der Waals surface area contributed by atoms with Crippen molar-refractivity contribution in [3.05, 3.63) is 11.8 Å². The number of ether oxygens (including phenoxy) is 1. The predicted molar refractivity (Wildman–Crippen MR) is 47.0 cm³/mol. The van der Waals surface area contributed by atoms with E-state index in [0.717, 1.165) is 18.4 Å². The smallest absolute Gasteiger partial charge is 0.223 e. The first kappa shape index (κ1) is 8.77. The zero-order valence-electron chi connectivity index (χ0n) is 7.37. The topological polar surface area (TPSA) is 61.0 Å². The van der Waals surface area contributed by atoms with Gasteiger partial charge in [-0.05, 0) is 6.42 Å². The molecule has 0 bridgehead atoms. The lowest BCUT2D eigenvalue weighted by atomic mass is 10.2. The molecule has 0 aliphatic carbocycles. The van der Waals surface area contributed by atoms with Gasteiger partial charge in [-0.1, -0.05) is 13.3 Å². The van der Waals surface area contributed by atoms with E-state index in [-0.39, 0.29) is 5.95 Å². The largest absolute Gasteiger partial charge is 0.481 e. The fraction of sp³-hybridized carbons (Fsp3) is 0.500. The van der Waals surface area contributed by atoms with E-state index < -0.39 is 0 Å². The molecule has 0 aromatic carbocycles. The van der Waals surface area contributed by atoms with Crippen LogP contribution in [-0.2, 0) is 6.42 Å². The summed E-state index contributed by atoms with van der Waals surface area (Å²) in [5.74, 6) is 0.844. The Morgan fingerprint density at radius 1 is 1.58 bits per heavy atom. The number of nitrogens with zero attached hydrogens (tertiary/aromatic N) is 2. The molecule has 0 saturated heterocycles. The van der Waals surface area contributed by atoms with Gasteiger partial charge in [-0.25, -0.2) is 4.98 Å². The van der Waals surface area contributed by atoms with Gasteiger partial charge in [0.2, 0.25) is 11.8 Å². The highest BCUT2D eigenvalue weighted by molar-refractivity contribution is 5.29. The van der Waals surface area contributed by atoms with Gasteiger partial charge in [-0.15, -0.1) is 0 Å². The van der Waals surface area contributed by atoms with Crippen LogP contribution in [0.5, 0.6) is 5.88 Å². The molecule has 1 aromatic rings. The number of methoxy groups -OCH3 is 1. The van der Waals surface area contributed by atoms with E-state index in [0.29, 0.717) is 5.88 Å². The molecule has 0 radical (unpaired) electrons. The maximum Gasteiger partial charge on any atom is 0.223 e. The van der Waals surface area contributed by atoms with Gasteiger partial charge in [-0.3, -0.25) is 0 Å². The van der Waals surface area contributed by atoms with Crippen molar-refractivity contribution in [2.24, 2.45) is 0 Å². The molecular formula is C8H13N3O. The minimum absolute atomic E-state index is 0.256. The molecule has 0 spiro atoms. The van der Waals surface area contributed by atoms with Gasteiger partial charge in [0.15, 0.2) is 0 Å². The molecule has 66 valence electrons. The molecule has 12 heavy (non-hydrogen) atoms. The van der Waals surface area contributed by atoms with Crippen LogP contribution in [0.25, 0.3) is 0 Å². The standard InChI is InChI=1S/C8H13N3O/c1-3-4-6-5-10-8(9)11-7(6)12-2/h5H,3-4H2,1-2H3,(H2,9,10,11). The van der Waals surface area contributed by atoms with Crippen molar-refractivity contribution in [1.82, 2.24) is 9.97 Å². The van der Waals surface area contributed by atoms with Crippen molar-refractivity contribution in [2.45, 2.75) is 19.8 Å². The lowest BCUT2D eigenvalue weighted by Crippen LogP contribution is -2.01. The zero-order chi connectivity index (χ0) is 8.97. The molecule has 1 aromatic heterocycles. The van der Waals surface area contributed by atoms with E-state index >= 15 is 0 Å². The second-order valence-electron chi connectivity index (χ2n) is 2.51. The molecule has 1 heterocycles. The SMILES string of the molecule is CCCc1cnc(N)nc1OC. The van der Waals surface area contributed by atoms with E-state index in [2.05, 4.69) is 16.9 Å². The van der Waals surface area contributed by atoms with Crippen LogP contribution in [0.4, 0.5) is 5.95 Å². The number of rotatable bonds is 3. The van der Waals surface area contributed by atoms with Crippen LogP contribution in [0.3, 0.4) is 0 Å². The molecule has 0 unspecified atom stereocenters. The van der Waals surface area contributed by atoms with Crippen molar-refractivity contribution >= 4 is 5.95 Å². The Labute approximate surface area is 71.8 Å². The highest BCUT2D eigenvalue weighted by Gasteiger charge is 2.03. The van der Waals surface area contributed by atoms with Gasteiger partial charge in [0.25, 0.3) is 0 Å². The monoisotopic (exact) mass is 167 g/mol. The molecular weight excluding hydrogens is 154 g/mol. The second-order valence-corrected chi connectivity index (χ2v) is 2.51. The summed E-state index contributed by atoms with van der Waals surface area (Å²) in [6, 6.07) is 0. The van der Waals surface area contributed by atoms with Crippen LogP contribution >= 0.6 is 0 Å². The summed E-state index contributed by atoms with van der Waals surface area (Å²) in [5.41, 5.74) is 6.41. The molecule has 0 aliphatic heterocycles. The molecule has 1 rings (SSSR count). The normalized spacial score (nSPS) is 9.83. The summed E-state index contributed by atoms with van der Waals surface area (Å²) in [5, 5.41) is 0. The summed E-state index contributed by atoms with van der Waals surface area (Å²) < 4.78 is 5.05. The summed E-state index contributed by atoms with van der Waals surface area (Å²) >= 11 is 0. The number of hydrogen-bond donors (Lipinski definition) is 1. The third-order valence-corrected chi connectivity index (χ3v) is 1.56. The fourth-order valence-corrected chi connectivity index (χ4v) is 1.02. The van der Waals surface area contributed by atoms with Crippen molar-refractivity contribution in [3.63, 3.8) is 0 Å². The lowest BCUT2D eigenvalue weighted by Gasteiger charge is -2.05. The lowest BCUT2D eigenvalue weighted by molar-refractivity contribution is 0.392. The first-order valence-corrected chi connectivity index (χ1v) is 3.93. The van der Waals surface area contributed by atoms with Crippen molar-refractivity contribution < 1.29 is 4.74 Å². The number of aromatic nitrogens is 2. The fourth-order valence-electron chi connectivity index (χ4n) is 1.02. The molecule has 0 fully saturated rings. The summed E-state index contributed by atoms with van der Waals surface area (Å²) in [4.78, 5) is 7.85. The zero-order valence-corrected chi connectivity index (χ0v) is 7.37. The average molecular weight is 167 g/mol. The molecule has 2 N–H and O–H groups in total. The number of nitrogens with two attached hydrogens (primary N) is 1. The van der Waals surface area contributed by atoms with Crippen LogP contribution in [0.2, 0.25) is 0 Å². The molecule has 0 amide bonds. The van der Waals surface area contributed by atoms with Gasteiger partial charge in [0.1, 0.15) is 0 Å². The van der Waals surface area contributed by atoms with E-state index in [4.69, 9.17) is 10.5 Å². The minimum atomic E-state index is 0.256. The average Bonchev–Trinajstić information content (AvgIpc) is 2.08. The third kappa shape index (κ3) is 1.84. The highest BCUT2D eigenvalue weighted by Crippen LogP contribution is 2.15. The van der Waals surface area contributed by atoms with Crippen LogP contribution in [0.15, 0.2) is 6.20 Å². The van der Waals surface area contributed by atoms with E-state index in [1.54, 1.807) is 13.3 Å². The Balaban J connectivity index is 2.94. The Morgan fingerprint density at radius 3 is 2.92 bits per heavy atom. The quantitative estimate of drug-likeness (QED) is 0.730. The minimum Gasteiger partial charge on any atom is -0.481 e. The molecule has 4 nitrogen and oxygen atoms in total.